The average molecular weight is 436 g/mol. The zero-order valence-electron chi connectivity index (χ0n) is 16.3. The van der Waals surface area contributed by atoms with Gasteiger partial charge in [0.05, 0.1) is 7.11 Å². The van der Waals surface area contributed by atoms with Gasteiger partial charge in [0, 0.05) is 24.2 Å². The summed E-state index contributed by atoms with van der Waals surface area (Å²) in [6, 6.07) is 14.1. The van der Waals surface area contributed by atoms with E-state index in [1.807, 2.05) is 42.5 Å². The Balaban J connectivity index is 1.82. The summed E-state index contributed by atoms with van der Waals surface area (Å²) in [5, 5.41) is 3.46. The first-order chi connectivity index (χ1) is 13.2. The monoisotopic (exact) mass is 435 g/mol. The van der Waals surface area contributed by atoms with Crippen molar-refractivity contribution in [2.24, 2.45) is 0 Å². The molecule has 2 rings (SSSR count). The van der Waals surface area contributed by atoms with E-state index < -0.39 is 0 Å². The van der Waals surface area contributed by atoms with E-state index in [1.54, 1.807) is 7.11 Å². The maximum atomic E-state index is 5.95. The zero-order valence-corrected chi connectivity index (χ0v) is 17.9. The number of unbranched alkanes of at least 4 members (excludes halogenated alkanes) is 1. The van der Waals surface area contributed by atoms with Gasteiger partial charge in [-0.2, -0.15) is 0 Å². The lowest BCUT2D eigenvalue weighted by molar-refractivity contribution is 0.128. The normalized spacial score (nSPS) is 10.8. The molecule has 0 aliphatic heterocycles. The molecule has 0 spiro atoms. The Hall–Kier alpha value is -1.56. The first kappa shape index (κ1) is 21.7. The molecule has 0 atom stereocenters. The Morgan fingerprint density at radius 3 is 2.52 bits per heavy atom. The van der Waals surface area contributed by atoms with Crippen molar-refractivity contribution in [2.45, 2.75) is 39.3 Å². The van der Waals surface area contributed by atoms with E-state index in [-0.39, 0.29) is 0 Å². The summed E-state index contributed by atoms with van der Waals surface area (Å²) in [6.45, 7) is 6.06. The molecule has 0 radical (unpaired) electrons. The highest BCUT2D eigenvalue weighted by Crippen LogP contribution is 2.34. The van der Waals surface area contributed by atoms with Crippen molar-refractivity contribution < 1.29 is 14.2 Å². The predicted molar refractivity (Wildman–Crippen MR) is 114 cm³/mol. The topological polar surface area (TPSA) is 39.7 Å². The molecule has 0 bridgehead atoms. The van der Waals surface area contributed by atoms with E-state index in [4.69, 9.17) is 14.2 Å². The van der Waals surface area contributed by atoms with Gasteiger partial charge in [0.15, 0.2) is 11.5 Å². The smallest absolute Gasteiger partial charge is 0.162 e. The number of methoxy groups -OCH3 is 1. The molecular weight excluding hydrogens is 406 g/mol. The Labute approximate surface area is 171 Å². The van der Waals surface area contributed by atoms with Crippen molar-refractivity contribution in [3.8, 4) is 11.5 Å². The first-order valence-electron chi connectivity index (χ1n) is 9.56. The van der Waals surface area contributed by atoms with E-state index in [9.17, 15) is 0 Å². The number of hydrogen-bond donors (Lipinski definition) is 1. The average Bonchev–Trinajstić information content (AvgIpc) is 2.70. The summed E-state index contributed by atoms with van der Waals surface area (Å²) >= 11 is 3.65. The molecule has 0 amide bonds. The lowest BCUT2D eigenvalue weighted by atomic mass is 10.2. The van der Waals surface area contributed by atoms with E-state index >= 15 is 0 Å². The van der Waals surface area contributed by atoms with Gasteiger partial charge in [0.1, 0.15) is 6.61 Å². The van der Waals surface area contributed by atoms with Gasteiger partial charge in [-0.05, 0) is 42.6 Å². The predicted octanol–water partition coefficient (Wildman–Crippen LogP) is 5.33. The van der Waals surface area contributed by atoms with Crippen molar-refractivity contribution in [1.29, 1.82) is 0 Å². The highest BCUT2D eigenvalue weighted by Gasteiger charge is 2.10. The Kier molecular flexibility index (Phi) is 10.3. The number of halogens is 1. The molecule has 0 fully saturated rings. The molecule has 2 aromatic rings. The molecule has 27 heavy (non-hydrogen) atoms. The third kappa shape index (κ3) is 7.91. The second-order valence-corrected chi connectivity index (χ2v) is 7.22. The maximum Gasteiger partial charge on any atom is 0.162 e. The van der Waals surface area contributed by atoms with Gasteiger partial charge in [-0.3, -0.25) is 0 Å². The van der Waals surface area contributed by atoms with Gasteiger partial charge in [-0.1, -0.05) is 59.6 Å². The Morgan fingerprint density at radius 1 is 1.00 bits per heavy atom. The summed E-state index contributed by atoms with van der Waals surface area (Å²) in [4.78, 5) is 0. The minimum atomic E-state index is 0.513. The van der Waals surface area contributed by atoms with Crippen LogP contribution in [-0.4, -0.2) is 26.9 Å². The van der Waals surface area contributed by atoms with Crippen LogP contribution < -0.4 is 14.8 Å². The van der Waals surface area contributed by atoms with Crippen LogP contribution in [0, 0.1) is 0 Å². The van der Waals surface area contributed by atoms with Crippen molar-refractivity contribution in [3.63, 3.8) is 0 Å². The molecule has 0 saturated heterocycles. The summed E-state index contributed by atoms with van der Waals surface area (Å²) in [7, 11) is 1.67. The minimum absolute atomic E-state index is 0.513. The quantitative estimate of drug-likeness (QED) is 0.431. The van der Waals surface area contributed by atoms with Crippen LogP contribution >= 0.6 is 15.9 Å². The van der Waals surface area contributed by atoms with E-state index in [2.05, 4.69) is 28.2 Å². The molecule has 2 aromatic carbocycles. The van der Waals surface area contributed by atoms with Crippen LogP contribution in [-0.2, 0) is 17.9 Å². The maximum absolute atomic E-state index is 5.95. The molecular formula is C22H30BrNO3. The largest absolute Gasteiger partial charge is 0.493 e. The summed E-state index contributed by atoms with van der Waals surface area (Å²) in [5.74, 6) is 1.48. The van der Waals surface area contributed by atoms with Gasteiger partial charge in [0.2, 0.25) is 0 Å². The third-order valence-electron chi connectivity index (χ3n) is 4.17. The van der Waals surface area contributed by atoms with Gasteiger partial charge in [-0.25, -0.2) is 0 Å². The number of hydrogen-bond acceptors (Lipinski definition) is 4. The minimum Gasteiger partial charge on any atom is -0.493 e. The van der Waals surface area contributed by atoms with Gasteiger partial charge in [-0.15, -0.1) is 0 Å². The molecule has 0 unspecified atom stereocenters. The fraction of sp³-hybridized carbons (Fsp3) is 0.455. The second kappa shape index (κ2) is 12.8. The lowest BCUT2D eigenvalue weighted by Gasteiger charge is -2.14. The molecule has 0 heterocycles. The van der Waals surface area contributed by atoms with E-state index in [0.29, 0.717) is 6.61 Å². The van der Waals surface area contributed by atoms with Crippen molar-refractivity contribution in [3.05, 3.63) is 58.1 Å². The zero-order chi connectivity index (χ0) is 19.3. The van der Waals surface area contributed by atoms with Crippen molar-refractivity contribution in [1.82, 2.24) is 5.32 Å². The number of benzene rings is 2. The van der Waals surface area contributed by atoms with Crippen LogP contribution in [0.2, 0.25) is 0 Å². The molecule has 0 aliphatic carbocycles. The Bertz CT molecular complexity index is 664. The molecule has 5 heteroatoms. The van der Waals surface area contributed by atoms with Gasteiger partial charge in [0.25, 0.3) is 0 Å². The summed E-state index contributed by atoms with van der Waals surface area (Å²) in [5.41, 5.74) is 2.27. The van der Waals surface area contributed by atoms with Gasteiger partial charge >= 0.3 is 0 Å². The van der Waals surface area contributed by atoms with E-state index in [0.717, 1.165) is 66.2 Å². The molecule has 0 saturated carbocycles. The fourth-order valence-corrected chi connectivity index (χ4v) is 3.05. The second-order valence-electron chi connectivity index (χ2n) is 6.37. The van der Waals surface area contributed by atoms with Crippen LogP contribution in [0.15, 0.2) is 46.9 Å². The summed E-state index contributed by atoms with van der Waals surface area (Å²) in [6.07, 6.45) is 3.33. The van der Waals surface area contributed by atoms with Crippen LogP contribution in [0.1, 0.15) is 37.3 Å². The van der Waals surface area contributed by atoms with E-state index in [1.165, 1.54) is 6.42 Å². The fourth-order valence-electron chi connectivity index (χ4n) is 2.59. The Morgan fingerprint density at radius 2 is 1.78 bits per heavy atom. The highest BCUT2D eigenvalue weighted by atomic mass is 79.9. The molecule has 0 aliphatic rings. The number of ether oxygens (including phenoxy) is 3. The van der Waals surface area contributed by atoms with Crippen LogP contribution in [0.4, 0.5) is 0 Å². The number of nitrogens with one attached hydrogen (secondary N) is 1. The third-order valence-corrected chi connectivity index (χ3v) is 4.91. The SMILES string of the molecule is CCCCOCCCNCc1cc(OC)c(OCc2ccccc2)cc1Br. The van der Waals surface area contributed by atoms with Crippen molar-refractivity contribution in [2.75, 3.05) is 26.9 Å². The molecule has 1 N–H and O–H groups in total. The van der Waals surface area contributed by atoms with Gasteiger partial charge < -0.3 is 19.5 Å². The molecule has 4 nitrogen and oxygen atoms in total. The lowest BCUT2D eigenvalue weighted by Crippen LogP contribution is -2.17. The van der Waals surface area contributed by atoms with Crippen LogP contribution in [0.25, 0.3) is 0 Å². The van der Waals surface area contributed by atoms with Crippen LogP contribution in [0.3, 0.4) is 0 Å². The molecule has 0 aromatic heterocycles. The van der Waals surface area contributed by atoms with Crippen LogP contribution in [0.5, 0.6) is 11.5 Å². The first-order valence-corrected chi connectivity index (χ1v) is 10.4. The number of rotatable bonds is 13. The summed E-state index contributed by atoms with van der Waals surface area (Å²) < 4.78 is 18.1. The standard InChI is InChI=1S/C22H30BrNO3/c1-3-4-12-26-13-8-11-24-16-19-14-21(25-2)22(15-20(19)23)27-17-18-9-6-5-7-10-18/h5-7,9-10,14-15,24H,3-4,8,11-13,16-17H2,1-2H3. The highest BCUT2D eigenvalue weighted by molar-refractivity contribution is 9.10. The molecule has 148 valence electrons. The van der Waals surface area contributed by atoms with Crippen molar-refractivity contribution >= 4 is 15.9 Å².